The summed E-state index contributed by atoms with van der Waals surface area (Å²) in [5, 5.41) is 0. The lowest BCUT2D eigenvalue weighted by Crippen LogP contribution is -2.13. The van der Waals surface area contributed by atoms with E-state index in [2.05, 4.69) is 4.74 Å². The molecule has 0 atom stereocenters. The number of carbonyl (C=O) groups excluding carboxylic acids is 2. The molecule has 0 aliphatic rings. The number of amides is 1. The average molecular weight is 157 g/mol. The van der Waals surface area contributed by atoms with E-state index in [1.807, 2.05) is 6.92 Å². The minimum atomic E-state index is -0.400. The van der Waals surface area contributed by atoms with Gasteiger partial charge in [0.1, 0.15) is 6.26 Å². The highest BCUT2D eigenvalue weighted by molar-refractivity contribution is 5.66. The molecule has 0 fully saturated rings. The molecule has 0 saturated carbocycles. The van der Waals surface area contributed by atoms with Crippen molar-refractivity contribution in [3.8, 4) is 0 Å². The van der Waals surface area contributed by atoms with Crippen molar-refractivity contribution >= 4 is 12.4 Å². The Balaban J connectivity index is 3.70. The van der Waals surface area contributed by atoms with E-state index in [0.29, 0.717) is 13.0 Å². The van der Waals surface area contributed by atoms with Crippen LogP contribution in [0.4, 0.5) is 0 Å². The maximum absolute atomic E-state index is 10.2. The Morgan fingerprint density at radius 2 is 2.27 bits per heavy atom. The van der Waals surface area contributed by atoms with Crippen LogP contribution in [-0.2, 0) is 14.3 Å². The van der Waals surface area contributed by atoms with E-state index in [1.165, 1.54) is 24.3 Å². The summed E-state index contributed by atoms with van der Waals surface area (Å²) >= 11 is 0. The molecule has 0 saturated heterocycles. The fourth-order valence-electron chi connectivity index (χ4n) is 0.419. The molecule has 0 radical (unpaired) electrons. The van der Waals surface area contributed by atoms with E-state index in [0.717, 1.165) is 0 Å². The Kier molecular flexibility index (Phi) is 4.81. The van der Waals surface area contributed by atoms with Crippen LogP contribution in [0.2, 0.25) is 0 Å². The van der Waals surface area contributed by atoms with Crippen molar-refractivity contribution < 1.29 is 14.3 Å². The number of hydrogen-bond acceptors (Lipinski definition) is 3. The van der Waals surface area contributed by atoms with Gasteiger partial charge in [0.15, 0.2) is 0 Å². The molecule has 0 heterocycles. The van der Waals surface area contributed by atoms with Crippen LogP contribution >= 0.6 is 0 Å². The summed E-state index contributed by atoms with van der Waals surface area (Å²) < 4.78 is 4.46. The van der Waals surface area contributed by atoms with E-state index in [4.69, 9.17) is 0 Å². The lowest BCUT2D eigenvalue weighted by molar-refractivity contribution is -0.135. The maximum atomic E-state index is 10.2. The standard InChI is InChI=1S/C7H11NO3/c1-3-8(6-9)4-5-11-7(2)10/h4-6H,3H2,1-2H3. The van der Waals surface area contributed by atoms with Crippen molar-refractivity contribution in [3.63, 3.8) is 0 Å². The molecule has 62 valence electrons. The highest BCUT2D eigenvalue weighted by Crippen LogP contribution is 1.85. The van der Waals surface area contributed by atoms with Gasteiger partial charge in [0, 0.05) is 19.7 Å². The predicted octanol–water partition coefficient (Wildman–Crippen LogP) is 0.499. The summed E-state index contributed by atoms with van der Waals surface area (Å²) in [5.74, 6) is -0.400. The van der Waals surface area contributed by atoms with Crippen molar-refractivity contribution in [2.75, 3.05) is 6.54 Å². The number of nitrogens with zero attached hydrogens (tertiary/aromatic N) is 1. The van der Waals surface area contributed by atoms with Crippen molar-refractivity contribution in [3.05, 3.63) is 12.5 Å². The minimum Gasteiger partial charge on any atom is -0.433 e. The zero-order chi connectivity index (χ0) is 8.69. The number of esters is 1. The predicted molar refractivity (Wildman–Crippen MR) is 39.4 cm³/mol. The SMILES string of the molecule is CCN(C=O)C=COC(C)=O. The molecule has 0 aromatic heterocycles. The molecule has 4 nitrogen and oxygen atoms in total. The molecule has 1 amide bonds. The van der Waals surface area contributed by atoms with E-state index < -0.39 is 5.97 Å². The van der Waals surface area contributed by atoms with Gasteiger partial charge in [0.05, 0.1) is 0 Å². The van der Waals surface area contributed by atoms with Crippen LogP contribution in [0.5, 0.6) is 0 Å². The summed E-state index contributed by atoms with van der Waals surface area (Å²) in [7, 11) is 0. The number of rotatable bonds is 4. The summed E-state index contributed by atoms with van der Waals surface area (Å²) in [6, 6.07) is 0. The summed E-state index contributed by atoms with van der Waals surface area (Å²) in [4.78, 5) is 21.7. The molecule has 0 aliphatic carbocycles. The summed E-state index contributed by atoms with van der Waals surface area (Å²) in [5.41, 5.74) is 0. The van der Waals surface area contributed by atoms with E-state index >= 15 is 0 Å². The second-order valence-electron chi connectivity index (χ2n) is 1.83. The molecule has 0 bridgehead atoms. The largest absolute Gasteiger partial charge is 0.433 e. The van der Waals surface area contributed by atoms with Gasteiger partial charge in [-0.2, -0.15) is 0 Å². The average Bonchev–Trinajstić information content (AvgIpc) is 1.98. The first-order valence-electron chi connectivity index (χ1n) is 3.25. The molecule has 0 aromatic carbocycles. The zero-order valence-corrected chi connectivity index (χ0v) is 6.61. The van der Waals surface area contributed by atoms with E-state index in [1.54, 1.807) is 0 Å². The molecule has 0 rings (SSSR count). The van der Waals surface area contributed by atoms with Gasteiger partial charge in [-0.1, -0.05) is 0 Å². The second kappa shape index (κ2) is 5.46. The molecule has 0 aliphatic heterocycles. The number of ether oxygens (including phenoxy) is 1. The first-order valence-corrected chi connectivity index (χ1v) is 3.25. The zero-order valence-electron chi connectivity index (χ0n) is 6.61. The van der Waals surface area contributed by atoms with Gasteiger partial charge in [0.25, 0.3) is 0 Å². The molecule has 0 N–H and O–H groups in total. The number of hydrogen-bond donors (Lipinski definition) is 0. The van der Waals surface area contributed by atoms with Crippen LogP contribution in [-0.4, -0.2) is 23.8 Å². The third-order valence-corrected chi connectivity index (χ3v) is 0.987. The Bertz CT molecular complexity index is 165. The minimum absolute atomic E-state index is 0.400. The quantitative estimate of drug-likeness (QED) is 0.339. The maximum Gasteiger partial charge on any atom is 0.307 e. The van der Waals surface area contributed by atoms with Crippen molar-refractivity contribution in [2.45, 2.75) is 13.8 Å². The van der Waals surface area contributed by atoms with Crippen molar-refractivity contribution in [1.82, 2.24) is 4.90 Å². The van der Waals surface area contributed by atoms with Gasteiger partial charge in [-0.05, 0) is 6.92 Å². The molecule has 0 unspecified atom stereocenters. The fraction of sp³-hybridized carbons (Fsp3) is 0.429. The first kappa shape index (κ1) is 9.68. The lowest BCUT2D eigenvalue weighted by atomic mass is 10.6. The third-order valence-electron chi connectivity index (χ3n) is 0.987. The Morgan fingerprint density at radius 1 is 1.64 bits per heavy atom. The van der Waals surface area contributed by atoms with Gasteiger partial charge < -0.3 is 9.64 Å². The van der Waals surface area contributed by atoms with Gasteiger partial charge >= 0.3 is 5.97 Å². The van der Waals surface area contributed by atoms with E-state index in [-0.39, 0.29) is 0 Å². The van der Waals surface area contributed by atoms with Crippen LogP contribution in [0.25, 0.3) is 0 Å². The monoisotopic (exact) mass is 157 g/mol. The molecule has 0 spiro atoms. The van der Waals surface area contributed by atoms with Gasteiger partial charge in [0.2, 0.25) is 6.41 Å². The van der Waals surface area contributed by atoms with Crippen LogP contribution in [0.3, 0.4) is 0 Å². The highest BCUT2D eigenvalue weighted by atomic mass is 16.5. The molecule has 11 heavy (non-hydrogen) atoms. The molecule has 4 heteroatoms. The number of carbonyl (C=O) groups is 2. The van der Waals surface area contributed by atoms with Crippen LogP contribution < -0.4 is 0 Å². The molecule has 0 aromatic rings. The normalized spacial score (nSPS) is 9.64. The van der Waals surface area contributed by atoms with Gasteiger partial charge in [-0.15, -0.1) is 0 Å². The fourth-order valence-corrected chi connectivity index (χ4v) is 0.419. The Labute approximate surface area is 65.4 Å². The highest BCUT2D eigenvalue weighted by Gasteiger charge is 1.90. The van der Waals surface area contributed by atoms with Crippen LogP contribution in [0, 0.1) is 0 Å². The molecular formula is C7H11NO3. The van der Waals surface area contributed by atoms with Crippen molar-refractivity contribution in [1.29, 1.82) is 0 Å². The van der Waals surface area contributed by atoms with Gasteiger partial charge in [-0.3, -0.25) is 9.59 Å². The van der Waals surface area contributed by atoms with Crippen molar-refractivity contribution in [2.24, 2.45) is 0 Å². The third kappa shape index (κ3) is 5.14. The summed E-state index contributed by atoms with van der Waals surface area (Å²) in [6.45, 7) is 3.66. The topological polar surface area (TPSA) is 46.6 Å². The van der Waals surface area contributed by atoms with Crippen LogP contribution in [0.1, 0.15) is 13.8 Å². The second-order valence-corrected chi connectivity index (χ2v) is 1.83. The Hall–Kier alpha value is -1.32. The van der Waals surface area contributed by atoms with Gasteiger partial charge in [-0.25, -0.2) is 0 Å². The Morgan fingerprint density at radius 3 is 2.64 bits per heavy atom. The van der Waals surface area contributed by atoms with E-state index in [9.17, 15) is 9.59 Å². The first-order chi connectivity index (χ1) is 5.20. The summed E-state index contributed by atoms with van der Waals surface area (Å²) in [6.07, 6.45) is 3.23. The lowest BCUT2D eigenvalue weighted by Gasteiger charge is -2.05. The molecular weight excluding hydrogens is 146 g/mol. The smallest absolute Gasteiger partial charge is 0.307 e. The van der Waals surface area contributed by atoms with Crippen LogP contribution in [0.15, 0.2) is 12.5 Å².